The molecule has 11 heteroatoms. The van der Waals surface area contributed by atoms with Crippen molar-refractivity contribution in [1.29, 1.82) is 0 Å². The number of carbonyl (C=O) groups excluding carboxylic acids is 1. The van der Waals surface area contributed by atoms with Gasteiger partial charge in [0.2, 0.25) is 0 Å². The number of hydroxylamine groups is 1. The molecule has 8 nitrogen and oxygen atoms in total. The number of halogens is 1. The number of hydrogen-bond donors (Lipinski definition) is 3. The Morgan fingerprint density at radius 3 is 3.00 bits per heavy atom. The Morgan fingerprint density at radius 2 is 2.27 bits per heavy atom. The van der Waals surface area contributed by atoms with Crippen LogP contribution in [0.25, 0.3) is 10.2 Å². The van der Waals surface area contributed by atoms with Crippen LogP contribution in [0.5, 0.6) is 5.75 Å². The van der Waals surface area contributed by atoms with Crippen molar-refractivity contribution in [3.05, 3.63) is 40.8 Å². The number of fused-ring (bicyclic) bond motifs is 1. The topological polar surface area (TPSA) is 99.6 Å². The van der Waals surface area contributed by atoms with Gasteiger partial charge >= 0.3 is 0 Å². The van der Waals surface area contributed by atoms with E-state index in [9.17, 15) is 9.18 Å². The largest absolute Gasteiger partial charge is 0.487 e. The standard InChI is InChI=1S/C19H20FN5O3S2/c1-10-15-17(21-9-22-19(15)30-16(10)18(26)24-27)23-13-4-3-11(20)7-14(13)28-12-5-6-25(8-12)29-2/h3-4,7,9,12,27H,5-6,8H2,1-2H3,(H,24,26)(H,21,22,23). The maximum absolute atomic E-state index is 13.9. The van der Waals surface area contributed by atoms with Crippen LogP contribution in [0.4, 0.5) is 15.9 Å². The molecule has 30 heavy (non-hydrogen) atoms. The third kappa shape index (κ3) is 4.06. The van der Waals surface area contributed by atoms with E-state index in [2.05, 4.69) is 19.6 Å². The van der Waals surface area contributed by atoms with Crippen LogP contribution < -0.4 is 15.5 Å². The number of benzene rings is 1. The van der Waals surface area contributed by atoms with Crippen molar-refractivity contribution in [1.82, 2.24) is 19.8 Å². The highest BCUT2D eigenvalue weighted by Gasteiger charge is 2.25. The molecule has 2 aromatic heterocycles. The van der Waals surface area contributed by atoms with Gasteiger partial charge in [-0.05, 0) is 37.3 Å². The first-order valence-corrected chi connectivity index (χ1v) is 11.2. The maximum Gasteiger partial charge on any atom is 0.285 e. The highest BCUT2D eigenvalue weighted by Crippen LogP contribution is 2.37. The molecule has 1 atom stereocenters. The summed E-state index contributed by atoms with van der Waals surface area (Å²) in [4.78, 5) is 21.4. The molecule has 3 heterocycles. The van der Waals surface area contributed by atoms with Crippen LogP contribution in [0, 0.1) is 12.7 Å². The molecule has 1 unspecified atom stereocenters. The van der Waals surface area contributed by atoms with E-state index < -0.39 is 11.7 Å². The number of hydrogen-bond acceptors (Lipinski definition) is 9. The van der Waals surface area contributed by atoms with Gasteiger partial charge in [-0.15, -0.1) is 11.3 Å². The van der Waals surface area contributed by atoms with Crippen molar-refractivity contribution in [3.8, 4) is 5.75 Å². The zero-order chi connectivity index (χ0) is 21.3. The molecule has 1 amide bonds. The normalized spacial score (nSPS) is 16.7. The van der Waals surface area contributed by atoms with E-state index in [4.69, 9.17) is 9.94 Å². The molecule has 0 spiro atoms. The van der Waals surface area contributed by atoms with Crippen molar-refractivity contribution < 1.29 is 19.1 Å². The quantitative estimate of drug-likeness (QED) is 0.297. The number of thiophene rings is 1. The average Bonchev–Trinajstić information content (AvgIpc) is 3.34. The molecule has 1 fully saturated rings. The minimum absolute atomic E-state index is 0.0343. The summed E-state index contributed by atoms with van der Waals surface area (Å²) < 4.78 is 22.2. The smallest absolute Gasteiger partial charge is 0.285 e. The lowest BCUT2D eigenvalue weighted by atomic mass is 10.2. The summed E-state index contributed by atoms with van der Waals surface area (Å²) in [6.07, 6.45) is 4.23. The molecule has 158 valence electrons. The summed E-state index contributed by atoms with van der Waals surface area (Å²) in [5, 5.41) is 12.8. The van der Waals surface area contributed by atoms with E-state index in [0.29, 0.717) is 37.9 Å². The van der Waals surface area contributed by atoms with Crippen LogP contribution >= 0.6 is 23.3 Å². The zero-order valence-electron chi connectivity index (χ0n) is 16.3. The Bertz CT molecular complexity index is 1090. The summed E-state index contributed by atoms with van der Waals surface area (Å²) in [7, 11) is 0. The summed E-state index contributed by atoms with van der Waals surface area (Å²) in [5.41, 5.74) is 2.86. The summed E-state index contributed by atoms with van der Waals surface area (Å²) in [6.45, 7) is 3.44. The number of aryl methyl sites for hydroxylation is 1. The molecule has 0 saturated carbocycles. The van der Waals surface area contributed by atoms with Crippen molar-refractivity contribution in [2.75, 3.05) is 24.7 Å². The molecule has 0 aliphatic carbocycles. The molecule has 0 radical (unpaired) electrons. The van der Waals surface area contributed by atoms with Crippen LogP contribution in [0.15, 0.2) is 24.5 Å². The van der Waals surface area contributed by atoms with Gasteiger partial charge in [-0.3, -0.25) is 10.0 Å². The van der Waals surface area contributed by atoms with Crippen LogP contribution in [-0.4, -0.2) is 50.8 Å². The molecule has 0 bridgehead atoms. The van der Waals surface area contributed by atoms with Gasteiger partial charge in [0.15, 0.2) is 0 Å². The molecule has 4 rings (SSSR count). The van der Waals surface area contributed by atoms with E-state index in [1.54, 1.807) is 30.4 Å². The third-order valence-electron chi connectivity index (χ3n) is 4.89. The monoisotopic (exact) mass is 449 g/mol. The van der Waals surface area contributed by atoms with Gasteiger partial charge in [0.05, 0.1) is 16.0 Å². The molecule has 1 aliphatic rings. The zero-order valence-corrected chi connectivity index (χ0v) is 17.9. The van der Waals surface area contributed by atoms with Crippen molar-refractivity contribution in [2.24, 2.45) is 0 Å². The average molecular weight is 450 g/mol. The fourth-order valence-corrected chi connectivity index (χ4v) is 5.04. The van der Waals surface area contributed by atoms with Gasteiger partial charge in [0.25, 0.3) is 5.91 Å². The molecule has 1 saturated heterocycles. The summed E-state index contributed by atoms with van der Waals surface area (Å²) in [6, 6.07) is 4.30. The number of rotatable bonds is 6. The van der Waals surface area contributed by atoms with E-state index in [1.807, 2.05) is 6.26 Å². The Hall–Kier alpha value is -2.47. The highest BCUT2D eigenvalue weighted by atomic mass is 32.2. The predicted octanol–water partition coefficient (Wildman–Crippen LogP) is 3.73. The number of anilines is 2. The Kier molecular flexibility index (Phi) is 6.04. The van der Waals surface area contributed by atoms with Crippen molar-refractivity contribution in [2.45, 2.75) is 19.4 Å². The number of ether oxygens (including phenoxy) is 1. The van der Waals surface area contributed by atoms with Crippen LogP contribution in [0.1, 0.15) is 21.7 Å². The van der Waals surface area contributed by atoms with Crippen molar-refractivity contribution in [3.63, 3.8) is 0 Å². The summed E-state index contributed by atoms with van der Waals surface area (Å²) in [5.74, 6) is -0.126. The number of aromatic nitrogens is 2. The second kappa shape index (κ2) is 8.72. The lowest BCUT2D eigenvalue weighted by molar-refractivity contribution is 0.0710. The highest BCUT2D eigenvalue weighted by molar-refractivity contribution is 7.96. The second-order valence-electron chi connectivity index (χ2n) is 6.76. The van der Waals surface area contributed by atoms with E-state index >= 15 is 0 Å². The first-order valence-electron chi connectivity index (χ1n) is 9.21. The number of nitrogens with zero attached hydrogens (tertiary/aromatic N) is 3. The predicted molar refractivity (Wildman–Crippen MR) is 115 cm³/mol. The number of carbonyl (C=O) groups is 1. The van der Waals surface area contributed by atoms with Gasteiger partial charge < -0.3 is 10.1 Å². The Balaban J connectivity index is 1.67. The van der Waals surface area contributed by atoms with Crippen molar-refractivity contribution >= 4 is 50.9 Å². The van der Waals surface area contributed by atoms with Gasteiger partial charge in [0.1, 0.15) is 34.6 Å². The molecule has 3 N–H and O–H groups in total. The fraction of sp³-hybridized carbons (Fsp3) is 0.316. The SMILES string of the molecule is CSN1CCC(Oc2cc(F)ccc2Nc2ncnc3sc(C(=O)NO)c(C)c23)C1. The minimum Gasteiger partial charge on any atom is -0.487 e. The first kappa shape index (κ1) is 20.8. The van der Waals surface area contributed by atoms with E-state index in [0.717, 1.165) is 30.8 Å². The first-order chi connectivity index (χ1) is 14.5. The van der Waals surface area contributed by atoms with Crippen LogP contribution in [0.2, 0.25) is 0 Å². The van der Waals surface area contributed by atoms with Gasteiger partial charge in [-0.1, -0.05) is 11.9 Å². The Labute approximate surface area is 180 Å². The number of amides is 1. The van der Waals surface area contributed by atoms with Gasteiger partial charge in [-0.25, -0.2) is 24.1 Å². The minimum atomic E-state index is -0.605. The van der Waals surface area contributed by atoms with Gasteiger partial charge in [0, 0.05) is 19.2 Å². The lowest BCUT2D eigenvalue weighted by Crippen LogP contribution is -2.20. The fourth-order valence-electron chi connectivity index (χ4n) is 3.40. The molecule has 1 aliphatic heterocycles. The van der Waals surface area contributed by atoms with Crippen LogP contribution in [0.3, 0.4) is 0 Å². The second-order valence-corrected chi connectivity index (χ2v) is 8.64. The lowest BCUT2D eigenvalue weighted by Gasteiger charge is -2.18. The molecule has 1 aromatic carbocycles. The van der Waals surface area contributed by atoms with E-state index in [1.165, 1.54) is 18.5 Å². The Morgan fingerprint density at radius 1 is 1.43 bits per heavy atom. The van der Waals surface area contributed by atoms with E-state index in [-0.39, 0.29) is 6.10 Å². The molecular formula is C19H20FN5O3S2. The number of nitrogens with one attached hydrogen (secondary N) is 2. The third-order valence-corrected chi connectivity index (χ3v) is 6.94. The van der Waals surface area contributed by atoms with Gasteiger partial charge in [-0.2, -0.15) is 0 Å². The van der Waals surface area contributed by atoms with Crippen LogP contribution in [-0.2, 0) is 0 Å². The molecular weight excluding hydrogens is 429 g/mol. The summed E-state index contributed by atoms with van der Waals surface area (Å²) >= 11 is 2.82. The maximum atomic E-state index is 13.9. The molecule has 3 aromatic rings.